The van der Waals surface area contributed by atoms with Crippen LogP contribution in [0.25, 0.3) is 0 Å². The molecule has 0 bridgehead atoms. The van der Waals surface area contributed by atoms with Gasteiger partial charge in [0.25, 0.3) is 0 Å². The van der Waals surface area contributed by atoms with E-state index in [0.717, 1.165) is 12.0 Å². The molecule has 108 valence electrons. The molecule has 20 heavy (non-hydrogen) atoms. The molecular formula is C16H23N3O. The van der Waals surface area contributed by atoms with Crippen LogP contribution in [0.5, 0.6) is 0 Å². The topological polar surface area (TPSA) is 56.2 Å². The summed E-state index contributed by atoms with van der Waals surface area (Å²) >= 11 is 0. The van der Waals surface area contributed by atoms with Gasteiger partial charge in [-0.05, 0) is 23.0 Å². The van der Waals surface area contributed by atoms with Gasteiger partial charge in [0.2, 0.25) is 0 Å². The van der Waals surface area contributed by atoms with Gasteiger partial charge >= 0.3 is 6.03 Å². The monoisotopic (exact) mass is 273 g/mol. The highest BCUT2D eigenvalue weighted by Crippen LogP contribution is 2.29. The first-order valence-electron chi connectivity index (χ1n) is 7.11. The molecule has 1 heterocycles. The molecule has 1 unspecified atom stereocenters. The van der Waals surface area contributed by atoms with Crippen LogP contribution in [0.1, 0.15) is 51.3 Å². The second kappa shape index (κ2) is 5.27. The number of hydrogen-bond donors (Lipinski definition) is 2. The van der Waals surface area contributed by atoms with Crippen molar-refractivity contribution >= 4 is 11.9 Å². The Morgan fingerprint density at radius 1 is 1.25 bits per heavy atom. The van der Waals surface area contributed by atoms with Gasteiger partial charge in [-0.2, -0.15) is 0 Å². The van der Waals surface area contributed by atoms with E-state index in [9.17, 15) is 4.79 Å². The second-order valence-electron chi connectivity index (χ2n) is 6.31. The fourth-order valence-corrected chi connectivity index (χ4v) is 2.51. The standard InChI is InChI=1S/C16H23N3O/c1-5-10-19-13(14(17)18-15(19)20)11-6-8-12(9-7-11)16(2,3)4/h6-9,13H,5,10H2,1-4H3,(H2,17,18,20). The molecule has 0 aromatic heterocycles. The van der Waals surface area contributed by atoms with Gasteiger partial charge in [-0.15, -0.1) is 0 Å². The molecule has 4 heteroatoms. The molecule has 1 saturated heterocycles. The minimum absolute atomic E-state index is 0.110. The lowest BCUT2D eigenvalue weighted by molar-refractivity contribution is 0.206. The maximum absolute atomic E-state index is 11.9. The van der Waals surface area contributed by atoms with Crippen molar-refractivity contribution in [3.8, 4) is 0 Å². The predicted molar refractivity (Wildman–Crippen MR) is 81.1 cm³/mol. The molecule has 0 saturated carbocycles. The Balaban J connectivity index is 2.30. The zero-order chi connectivity index (χ0) is 14.9. The molecule has 4 nitrogen and oxygen atoms in total. The summed E-state index contributed by atoms with van der Waals surface area (Å²) in [7, 11) is 0. The van der Waals surface area contributed by atoms with E-state index in [1.165, 1.54) is 5.56 Å². The second-order valence-corrected chi connectivity index (χ2v) is 6.31. The summed E-state index contributed by atoms with van der Waals surface area (Å²) < 4.78 is 0. The molecule has 1 aliphatic heterocycles. The van der Waals surface area contributed by atoms with Gasteiger partial charge in [-0.3, -0.25) is 10.7 Å². The minimum Gasteiger partial charge on any atom is -0.310 e. The van der Waals surface area contributed by atoms with E-state index in [-0.39, 0.29) is 23.3 Å². The normalized spacial score (nSPS) is 19.4. The van der Waals surface area contributed by atoms with E-state index < -0.39 is 0 Å². The van der Waals surface area contributed by atoms with Crippen molar-refractivity contribution in [2.24, 2.45) is 0 Å². The molecule has 0 spiro atoms. The highest BCUT2D eigenvalue weighted by Gasteiger charge is 2.36. The molecule has 2 amide bonds. The smallest absolute Gasteiger partial charge is 0.310 e. The lowest BCUT2D eigenvalue weighted by atomic mass is 9.86. The Hall–Kier alpha value is -1.84. The van der Waals surface area contributed by atoms with E-state index in [0.29, 0.717) is 6.54 Å². The summed E-state index contributed by atoms with van der Waals surface area (Å²) in [6, 6.07) is 7.81. The molecular weight excluding hydrogens is 250 g/mol. The van der Waals surface area contributed by atoms with Crippen molar-refractivity contribution in [3.63, 3.8) is 0 Å². The van der Waals surface area contributed by atoms with Gasteiger partial charge in [0.1, 0.15) is 11.9 Å². The molecule has 1 fully saturated rings. The number of benzene rings is 1. The first-order valence-corrected chi connectivity index (χ1v) is 7.11. The Labute approximate surface area is 120 Å². The molecule has 2 rings (SSSR count). The molecule has 2 N–H and O–H groups in total. The summed E-state index contributed by atoms with van der Waals surface area (Å²) in [6.07, 6.45) is 0.886. The maximum Gasteiger partial charge on any atom is 0.323 e. The van der Waals surface area contributed by atoms with Crippen molar-refractivity contribution in [2.45, 2.75) is 45.6 Å². The van der Waals surface area contributed by atoms with Crippen molar-refractivity contribution in [1.82, 2.24) is 10.2 Å². The SMILES string of the molecule is CCCN1C(=O)NC(=N)C1c1ccc(C(C)(C)C)cc1. The Kier molecular flexibility index (Phi) is 3.84. The quantitative estimate of drug-likeness (QED) is 0.871. The molecule has 1 aromatic rings. The van der Waals surface area contributed by atoms with Crippen LogP contribution in [0.4, 0.5) is 4.79 Å². The third-order valence-electron chi connectivity index (χ3n) is 3.64. The zero-order valence-corrected chi connectivity index (χ0v) is 12.7. The fourth-order valence-electron chi connectivity index (χ4n) is 2.51. The van der Waals surface area contributed by atoms with Gasteiger partial charge in [0.05, 0.1) is 0 Å². The number of urea groups is 1. The molecule has 0 radical (unpaired) electrons. The van der Waals surface area contributed by atoms with Gasteiger partial charge in [0.15, 0.2) is 0 Å². The van der Waals surface area contributed by atoms with Gasteiger partial charge in [-0.25, -0.2) is 4.79 Å². The van der Waals surface area contributed by atoms with Crippen LogP contribution in [0, 0.1) is 5.41 Å². The third-order valence-corrected chi connectivity index (χ3v) is 3.64. The molecule has 0 aliphatic carbocycles. The largest absolute Gasteiger partial charge is 0.323 e. The highest BCUT2D eigenvalue weighted by atomic mass is 16.2. The molecule has 1 aromatic carbocycles. The number of carbonyl (C=O) groups is 1. The molecule has 1 aliphatic rings. The summed E-state index contributed by atoms with van der Waals surface area (Å²) in [4.78, 5) is 13.6. The number of nitrogens with zero attached hydrogens (tertiary/aromatic N) is 1. The van der Waals surface area contributed by atoms with Crippen LogP contribution in [0.2, 0.25) is 0 Å². The number of rotatable bonds is 3. The number of carbonyl (C=O) groups excluding carboxylic acids is 1. The lowest BCUT2D eigenvalue weighted by Crippen LogP contribution is -2.30. The van der Waals surface area contributed by atoms with Gasteiger partial charge in [-0.1, -0.05) is 52.0 Å². The van der Waals surface area contributed by atoms with E-state index in [4.69, 9.17) is 5.41 Å². The molecule has 1 atom stereocenters. The number of amides is 2. The van der Waals surface area contributed by atoms with Crippen LogP contribution < -0.4 is 5.32 Å². The Morgan fingerprint density at radius 3 is 2.35 bits per heavy atom. The average molecular weight is 273 g/mol. The first kappa shape index (κ1) is 14.6. The number of amidine groups is 1. The van der Waals surface area contributed by atoms with Crippen LogP contribution in [0.15, 0.2) is 24.3 Å². The first-order chi connectivity index (χ1) is 9.34. The zero-order valence-electron chi connectivity index (χ0n) is 12.7. The fraction of sp³-hybridized carbons (Fsp3) is 0.500. The minimum atomic E-state index is -0.267. The average Bonchev–Trinajstić information content (AvgIpc) is 2.64. The van der Waals surface area contributed by atoms with Crippen LogP contribution in [0.3, 0.4) is 0 Å². The predicted octanol–water partition coefficient (Wildman–Crippen LogP) is 3.44. The maximum atomic E-state index is 11.9. The van der Waals surface area contributed by atoms with Crippen LogP contribution >= 0.6 is 0 Å². The van der Waals surface area contributed by atoms with Gasteiger partial charge in [0, 0.05) is 6.54 Å². The van der Waals surface area contributed by atoms with Crippen molar-refractivity contribution in [2.75, 3.05) is 6.54 Å². The number of nitrogens with one attached hydrogen (secondary N) is 2. The summed E-state index contributed by atoms with van der Waals surface area (Å²) in [5.41, 5.74) is 2.36. The Morgan fingerprint density at radius 2 is 1.85 bits per heavy atom. The van der Waals surface area contributed by atoms with E-state index in [1.54, 1.807) is 4.90 Å². The van der Waals surface area contributed by atoms with E-state index in [2.05, 4.69) is 38.2 Å². The lowest BCUT2D eigenvalue weighted by Gasteiger charge is -2.24. The van der Waals surface area contributed by atoms with Gasteiger partial charge < -0.3 is 4.90 Å². The summed E-state index contributed by atoms with van der Waals surface area (Å²) in [5.74, 6) is 0.270. The van der Waals surface area contributed by atoms with Crippen LogP contribution in [-0.2, 0) is 5.41 Å². The summed E-state index contributed by atoms with van der Waals surface area (Å²) in [6.45, 7) is 9.23. The van der Waals surface area contributed by atoms with E-state index in [1.807, 2.05) is 19.1 Å². The van der Waals surface area contributed by atoms with Crippen molar-refractivity contribution in [3.05, 3.63) is 35.4 Å². The van der Waals surface area contributed by atoms with Crippen molar-refractivity contribution < 1.29 is 4.79 Å². The Bertz CT molecular complexity index is 514. The van der Waals surface area contributed by atoms with Crippen molar-refractivity contribution in [1.29, 1.82) is 5.41 Å². The highest BCUT2D eigenvalue weighted by molar-refractivity contribution is 6.06. The number of hydrogen-bond acceptors (Lipinski definition) is 2. The van der Waals surface area contributed by atoms with Crippen LogP contribution in [-0.4, -0.2) is 23.3 Å². The van der Waals surface area contributed by atoms with E-state index >= 15 is 0 Å². The summed E-state index contributed by atoms with van der Waals surface area (Å²) in [5, 5.41) is 10.6. The third kappa shape index (κ3) is 2.69.